The van der Waals surface area contributed by atoms with Crippen molar-refractivity contribution in [2.24, 2.45) is 0 Å². The van der Waals surface area contributed by atoms with E-state index in [0.717, 1.165) is 23.9 Å². The third-order valence-electron chi connectivity index (χ3n) is 4.47. The van der Waals surface area contributed by atoms with Gasteiger partial charge in [-0.15, -0.1) is 0 Å². The molecule has 132 valence electrons. The Hall–Kier alpha value is -3.22. The van der Waals surface area contributed by atoms with Crippen LogP contribution in [-0.4, -0.2) is 45.0 Å². The standard InChI is InChI=1S/C19H18N4O3/c24-17-6-5-13(11-21-17)19(25)23-9-7-14(8-10-23)26-18-12-20-15-3-1-2-4-16(15)22-18/h1-6,11-12,14H,7-10H2,(H,21,24). The number of piperidine rings is 1. The van der Waals surface area contributed by atoms with Crippen LogP contribution in [0.3, 0.4) is 0 Å². The Bertz CT molecular complexity index is 973. The van der Waals surface area contributed by atoms with Crippen LogP contribution in [0.1, 0.15) is 23.2 Å². The van der Waals surface area contributed by atoms with E-state index in [1.165, 1.54) is 12.3 Å². The molecule has 1 saturated heterocycles. The summed E-state index contributed by atoms with van der Waals surface area (Å²) in [7, 11) is 0. The highest BCUT2D eigenvalue weighted by atomic mass is 16.5. The molecule has 1 fully saturated rings. The number of H-pyrrole nitrogens is 1. The molecule has 1 amide bonds. The number of nitrogens with one attached hydrogen (secondary N) is 1. The maximum Gasteiger partial charge on any atom is 0.255 e. The SMILES string of the molecule is O=C(c1ccc(=O)[nH]c1)N1CCC(Oc2cnc3ccccc3n2)CC1. The fourth-order valence-corrected chi connectivity index (χ4v) is 3.07. The Labute approximate surface area is 149 Å². The van der Waals surface area contributed by atoms with Gasteiger partial charge >= 0.3 is 0 Å². The van der Waals surface area contributed by atoms with Crippen molar-refractivity contribution in [2.75, 3.05) is 13.1 Å². The Morgan fingerprint density at radius 1 is 1.12 bits per heavy atom. The number of benzene rings is 1. The lowest BCUT2D eigenvalue weighted by Gasteiger charge is -2.31. The van der Waals surface area contributed by atoms with E-state index in [0.29, 0.717) is 24.5 Å². The normalized spacial score (nSPS) is 15.2. The van der Waals surface area contributed by atoms with E-state index in [-0.39, 0.29) is 17.6 Å². The second kappa shape index (κ2) is 6.95. The van der Waals surface area contributed by atoms with Crippen molar-refractivity contribution in [3.63, 3.8) is 0 Å². The van der Waals surface area contributed by atoms with E-state index in [4.69, 9.17) is 4.74 Å². The van der Waals surface area contributed by atoms with E-state index in [2.05, 4.69) is 15.0 Å². The van der Waals surface area contributed by atoms with Crippen molar-refractivity contribution in [1.82, 2.24) is 19.9 Å². The molecular formula is C19H18N4O3. The predicted octanol–water partition coefficient (Wildman–Crippen LogP) is 2.00. The smallest absolute Gasteiger partial charge is 0.255 e. The largest absolute Gasteiger partial charge is 0.473 e. The van der Waals surface area contributed by atoms with Gasteiger partial charge in [0.2, 0.25) is 11.4 Å². The van der Waals surface area contributed by atoms with Crippen molar-refractivity contribution in [3.8, 4) is 5.88 Å². The quantitative estimate of drug-likeness (QED) is 0.780. The summed E-state index contributed by atoms with van der Waals surface area (Å²) < 4.78 is 5.95. The second-order valence-electron chi connectivity index (χ2n) is 6.25. The number of carbonyl (C=O) groups excluding carboxylic acids is 1. The van der Waals surface area contributed by atoms with Crippen molar-refractivity contribution in [2.45, 2.75) is 18.9 Å². The number of hydrogen-bond donors (Lipinski definition) is 1. The van der Waals surface area contributed by atoms with Gasteiger partial charge in [-0.25, -0.2) is 9.97 Å². The minimum atomic E-state index is -0.217. The lowest BCUT2D eigenvalue weighted by atomic mass is 10.1. The van der Waals surface area contributed by atoms with Gasteiger partial charge in [0.15, 0.2) is 0 Å². The molecular weight excluding hydrogens is 332 g/mol. The first-order valence-electron chi connectivity index (χ1n) is 8.55. The van der Waals surface area contributed by atoms with Crippen LogP contribution >= 0.6 is 0 Å². The van der Waals surface area contributed by atoms with Crippen LogP contribution in [0, 0.1) is 0 Å². The zero-order valence-corrected chi connectivity index (χ0v) is 14.1. The van der Waals surface area contributed by atoms with Gasteiger partial charge in [0.1, 0.15) is 6.10 Å². The number of likely N-dealkylation sites (tertiary alicyclic amines) is 1. The highest BCUT2D eigenvalue weighted by Gasteiger charge is 2.25. The van der Waals surface area contributed by atoms with E-state index >= 15 is 0 Å². The van der Waals surface area contributed by atoms with E-state index in [9.17, 15) is 9.59 Å². The first kappa shape index (κ1) is 16.3. The van der Waals surface area contributed by atoms with Crippen LogP contribution in [0.4, 0.5) is 0 Å². The van der Waals surface area contributed by atoms with E-state index in [1.54, 1.807) is 17.2 Å². The summed E-state index contributed by atoms with van der Waals surface area (Å²) >= 11 is 0. The Balaban J connectivity index is 1.37. The minimum absolute atomic E-state index is 0.00472. The van der Waals surface area contributed by atoms with Gasteiger partial charge in [-0.2, -0.15) is 0 Å². The van der Waals surface area contributed by atoms with Gasteiger partial charge in [-0.05, 0) is 18.2 Å². The van der Waals surface area contributed by atoms with E-state index < -0.39 is 0 Å². The van der Waals surface area contributed by atoms with Gasteiger partial charge in [-0.1, -0.05) is 12.1 Å². The molecule has 26 heavy (non-hydrogen) atoms. The third-order valence-corrected chi connectivity index (χ3v) is 4.47. The molecule has 0 bridgehead atoms. The van der Waals surface area contributed by atoms with Gasteiger partial charge < -0.3 is 14.6 Å². The number of hydrogen-bond acceptors (Lipinski definition) is 5. The molecule has 1 aliphatic rings. The van der Waals surface area contributed by atoms with Crippen molar-refractivity contribution in [3.05, 3.63) is 64.7 Å². The lowest BCUT2D eigenvalue weighted by Crippen LogP contribution is -2.42. The molecule has 1 aliphatic heterocycles. The van der Waals surface area contributed by atoms with Crippen LogP contribution in [0.15, 0.2) is 53.6 Å². The zero-order chi connectivity index (χ0) is 17.9. The van der Waals surface area contributed by atoms with Crippen LogP contribution in [0.25, 0.3) is 11.0 Å². The molecule has 0 saturated carbocycles. The lowest BCUT2D eigenvalue weighted by molar-refractivity contribution is 0.0587. The van der Waals surface area contributed by atoms with Gasteiger partial charge in [0, 0.05) is 38.2 Å². The number of fused-ring (bicyclic) bond motifs is 1. The maximum absolute atomic E-state index is 12.5. The molecule has 7 heteroatoms. The number of amides is 1. The molecule has 0 aliphatic carbocycles. The Kier molecular flexibility index (Phi) is 4.35. The fraction of sp³-hybridized carbons (Fsp3) is 0.263. The first-order valence-corrected chi connectivity index (χ1v) is 8.55. The summed E-state index contributed by atoms with van der Waals surface area (Å²) in [6.45, 7) is 1.20. The average Bonchev–Trinajstić information content (AvgIpc) is 2.68. The van der Waals surface area contributed by atoms with Crippen LogP contribution in [-0.2, 0) is 0 Å². The monoisotopic (exact) mass is 350 g/mol. The second-order valence-corrected chi connectivity index (χ2v) is 6.25. The third kappa shape index (κ3) is 3.42. The van der Waals surface area contributed by atoms with Crippen LogP contribution in [0.2, 0.25) is 0 Å². The number of nitrogens with zero attached hydrogens (tertiary/aromatic N) is 3. The Morgan fingerprint density at radius 2 is 1.88 bits per heavy atom. The number of pyridine rings is 1. The molecule has 0 atom stereocenters. The van der Waals surface area contributed by atoms with Crippen LogP contribution < -0.4 is 10.3 Å². The summed E-state index contributed by atoms with van der Waals surface area (Å²) in [6, 6.07) is 10.6. The van der Waals surface area contributed by atoms with Gasteiger partial charge in [0.05, 0.1) is 22.8 Å². The fourth-order valence-electron chi connectivity index (χ4n) is 3.07. The summed E-state index contributed by atoms with van der Waals surface area (Å²) in [6.07, 6.45) is 4.55. The average molecular weight is 350 g/mol. The molecule has 3 heterocycles. The van der Waals surface area contributed by atoms with E-state index in [1.807, 2.05) is 24.3 Å². The van der Waals surface area contributed by atoms with Crippen molar-refractivity contribution >= 4 is 16.9 Å². The van der Waals surface area contributed by atoms with Gasteiger partial charge in [0.25, 0.3) is 5.91 Å². The number of para-hydroxylation sites is 2. The number of ether oxygens (including phenoxy) is 1. The first-order chi connectivity index (χ1) is 12.7. The Morgan fingerprint density at radius 3 is 2.62 bits per heavy atom. The maximum atomic E-state index is 12.5. The molecule has 0 spiro atoms. The molecule has 7 nitrogen and oxygen atoms in total. The molecule has 1 N–H and O–H groups in total. The number of carbonyl (C=O) groups is 1. The summed E-state index contributed by atoms with van der Waals surface area (Å²) in [5.74, 6) is 0.430. The molecule has 2 aromatic heterocycles. The summed E-state index contributed by atoms with van der Waals surface area (Å²) in [4.78, 5) is 36.7. The number of rotatable bonds is 3. The number of aromatic nitrogens is 3. The number of aromatic amines is 1. The summed E-state index contributed by atoms with van der Waals surface area (Å²) in [5.41, 5.74) is 1.91. The molecule has 0 radical (unpaired) electrons. The zero-order valence-electron chi connectivity index (χ0n) is 14.1. The van der Waals surface area contributed by atoms with Crippen LogP contribution in [0.5, 0.6) is 5.88 Å². The highest BCUT2D eigenvalue weighted by Crippen LogP contribution is 2.20. The predicted molar refractivity (Wildman–Crippen MR) is 96.2 cm³/mol. The van der Waals surface area contributed by atoms with Gasteiger partial charge in [-0.3, -0.25) is 9.59 Å². The minimum Gasteiger partial charge on any atom is -0.473 e. The van der Waals surface area contributed by atoms with Crippen molar-refractivity contribution in [1.29, 1.82) is 0 Å². The molecule has 3 aromatic rings. The van der Waals surface area contributed by atoms with Crippen molar-refractivity contribution < 1.29 is 9.53 Å². The highest BCUT2D eigenvalue weighted by molar-refractivity contribution is 5.93. The molecule has 4 rings (SSSR count). The molecule has 0 unspecified atom stereocenters. The molecule has 1 aromatic carbocycles. The summed E-state index contributed by atoms with van der Waals surface area (Å²) in [5, 5.41) is 0. The topological polar surface area (TPSA) is 88.2 Å².